The number of nitrogens with zero attached hydrogens (tertiary/aromatic N) is 2. The highest BCUT2D eigenvalue weighted by Crippen LogP contribution is 2.36. The summed E-state index contributed by atoms with van der Waals surface area (Å²) in [6.45, 7) is 0. The third-order valence-corrected chi connectivity index (χ3v) is 3.89. The van der Waals surface area contributed by atoms with Gasteiger partial charge in [-0.2, -0.15) is 13.2 Å². The Morgan fingerprint density at radius 3 is 2.12 bits per heavy atom. The molecule has 0 aliphatic heterocycles. The predicted octanol–water partition coefficient (Wildman–Crippen LogP) is 5.47. The molecule has 0 N–H and O–H groups in total. The van der Waals surface area contributed by atoms with Gasteiger partial charge in [-0.05, 0) is 11.5 Å². The Balaban J connectivity index is 2.14. The average Bonchev–Trinajstić information content (AvgIpc) is 2.60. The minimum atomic E-state index is -4.55. The Kier molecular flexibility index (Phi) is 3.23. The Labute approximate surface area is 135 Å². The maximum absolute atomic E-state index is 13.5. The molecule has 0 unspecified atom stereocenters. The number of hydrogen-bond donors (Lipinski definition) is 0. The van der Waals surface area contributed by atoms with E-state index in [4.69, 9.17) is 0 Å². The Morgan fingerprint density at radius 2 is 1.38 bits per heavy atom. The fourth-order valence-electron chi connectivity index (χ4n) is 2.80. The second kappa shape index (κ2) is 5.30. The van der Waals surface area contributed by atoms with Crippen molar-refractivity contribution in [3.05, 3.63) is 72.4 Å². The summed E-state index contributed by atoms with van der Waals surface area (Å²) in [5, 5.41) is 1.54. The fraction of sp³-hybridized carbons (Fsp3) is 0.0526. The highest BCUT2D eigenvalue weighted by atomic mass is 19.4. The molecule has 5 heteroatoms. The molecule has 0 amide bonds. The molecular weight excluding hydrogens is 313 g/mol. The van der Waals surface area contributed by atoms with Crippen molar-refractivity contribution in [3.63, 3.8) is 0 Å². The lowest BCUT2D eigenvalue weighted by atomic mass is 10.0. The van der Waals surface area contributed by atoms with Crippen LogP contribution in [0.2, 0.25) is 0 Å². The first kappa shape index (κ1) is 14.6. The molecule has 0 atom stereocenters. The lowest BCUT2D eigenvalue weighted by Crippen LogP contribution is -2.11. The van der Waals surface area contributed by atoms with Crippen molar-refractivity contribution in [2.75, 3.05) is 0 Å². The van der Waals surface area contributed by atoms with Crippen LogP contribution in [0, 0.1) is 0 Å². The van der Waals surface area contributed by atoms with Crippen LogP contribution in [0.5, 0.6) is 0 Å². The Morgan fingerprint density at radius 1 is 0.667 bits per heavy atom. The first-order valence-corrected chi connectivity index (χ1v) is 7.36. The predicted molar refractivity (Wildman–Crippen MR) is 87.5 cm³/mol. The van der Waals surface area contributed by atoms with Crippen molar-refractivity contribution < 1.29 is 13.2 Å². The number of aromatic nitrogens is 2. The molecule has 1 heterocycles. The summed E-state index contributed by atoms with van der Waals surface area (Å²) in [6, 6.07) is 19.1. The Hall–Kier alpha value is -2.95. The minimum absolute atomic E-state index is 0.0147. The summed E-state index contributed by atoms with van der Waals surface area (Å²) < 4.78 is 40.6. The molecular formula is C19H11F3N2. The van der Waals surface area contributed by atoms with Crippen molar-refractivity contribution >= 4 is 21.7 Å². The molecule has 3 aromatic carbocycles. The van der Waals surface area contributed by atoms with Crippen LogP contribution < -0.4 is 0 Å². The van der Waals surface area contributed by atoms with Crippen molar-refractivity contribution in [2.45, 2.75) is 6.18 Å². The van der Waals surface area contributed by atoms with Gasteiger partial charge in [-0.3, -0.25) is 0 Å². The third-order valence-electron chi connectivity index (χ3n) is 3.89. The van der Waals surface area contributed by atoms with Gasteiger partial charge in [0.2, 0.25) is 0 Å². The summed E-state index contributed by atoms with van der Waals surface area (Å²) in [6.07, 6.45) is -4.55. The zero-order valence-corrected chi connectivity index (χ0v) is 12.4. The summed E-state index contributed by atoms with van der Waals surface area (Å²) in [5.41, 5.74) is -0.0378. The van der Waals surface area contributed by atoms with Gasteiger partial charge in [-0.1, -0.05) is 60.7 Å². The quantitative estimate of drug-likeness (QED) is 0.434. The number of halogens is 3. The lowest BCUT2D eigenvalue weighted by molar-refractivity contribution is -0.139. The van der Waals surface area contributed by atoms with Gasteiger partial charge in [0.05, 0.1) is 5.52 Å². The van der Waals surface area contributed by atoms with Gasteiger partial charge in [0.1, 0.15) is 0 Å². The van der Waals surface area contributed by atoms with Crippen LogP contribution >= 0.6 is 0 Å². The van der Waals surface area contributed by atoms with E-state index in [1.807, 2.05) is 12.1 Å². The summed E-state index contributed by atoms with van der Waals surface area (Å²) in [4.78, 5) is 8.25. The molecule has 0 fully saturated rings. The van der Waals surface area contributed by atoms with Crippen LogP contribution in [0.15, 0.2) is 66.7 Å². The van der Waals surface area contributed by atoms with Crippen LogP contribution in [0.4, 0.5) is 13.2 Å². The summed E-state index contributed by atoms with van der Waals surface area (Å²) in [5.74, 6) is 0.0757. The number of hydrogen-bond acceptors (Lipinski definition) is 2. The van der Waals surface area contributed by atoms with E-state index in [2.05, 4.69) is 9.97 Å². The van der Waals surface area contributed by atoms with Crippen LogP contribution in [0.1, 0.15) is 5.69 Å². The maximum Gasteiger partial charge on any atom is 0.434 e. The molecule has 0 aliphatic carbocycles. The van der Waals surface area contributed by atoms with Gasteiger partial charge >= 0.3 is 6.18 Å². The fourth-order valence-corrected chi connectivity index (χ4v) is 2.80. The molecule has 0 aliphatic rings. The van der Waals surface area contributed by atoms with E-state index >= 15 is 0 Å². The molecule has 24 heavy (non-hydrogen) atoms. The molecule has 1 aromatic heterocycles. The highest BCUT2D eigenvalue weighted by Gasteiger charge is 2.35. The topological polar surface area (TPSA) is 25.8 Å². The van der Waals surface area contributed by atoms with E-state index in [0.717, 1.165) is 5.39 Å². The van der Waals surface area contributed by atoms with Crippen LogP contribution in [0.3, 0.4) is 0 Å². The van der Waals surface area contributed by atoms with E-state index in [-0.39, 0.29) is 11.2 Å². The zero-order valence-electron chi connectivity index (χ0n) is 12.4. The van der Waals surface area contributed by atoms with Crippen LogP contribution in [-0.2, 0) is 6.18 Å². The van der Waals surface area contributed by atoms with Gasteiger partial charge in [0.15, 0.2) is 11.5 Å². The SMILES string of the molecule is FC(F)(F)c1nc(-c2ccccc2)nc2c1ccc1ccccc12. The average molecular weight is 324 g/mol. The lowest BCUT2D eigenvalue weighted by Gasteiger charge is -2.13. The second-order valence-corrected chi connectivity index (χ2v) is 5.44. The molecule has 4 rings (SSSR count). The second-order valence-electron chi connectivity index (χ2n) is 5.44. The molecule has 0 spiro atoms. The van der Waals surface area contributed by atoms with E-state index in [1.54, 1.807) is 48.5 Å². The van der Waals surface area contributed by atoms with Crippen molar-refractivity contribution in [2.24, 2.45) is 0 Å². The third kappa shape index (κ3) is 2.38. The van der Waals surface area contributed by atoms with E-state index < -0.39 is 11.9 Å². The van der Waals surface area contributed by atoms with Crippen molar-refractivity contribution in [1.82, 2.24) is 9.97 Å². The standard InChI is InChI=1S/C19H11F3N2/c20-19(21,22)17-15-11-10-12-6-4-5-9-14(12)16(15)23-18(24-17)13-7-2-1-3-8-13/h1-11H. The van der Waals surface area contributed by atoms with E-state index in [0.29, 0.717) is 16.5 Å². The highest BCUT2D eigenvalue weighted by molar-refractivity contribution is 6.06. The van der Waals surface area contributed by atoms with E-state index in [9.17, 15) is 13.2 Å². The monoisotopic (exact) mass is 324 g/mol. The molecule has 2 nitrogen and oxygen atoms in total. The first-order chi connectivity index (χ1) is 11.5. The van der Waals surface area contributed by atoms with Gasteiger partial charge in [-0.15, -0.1) is 0 Å². The maximum atomic E-state index is 13.5. The van der Waals surface area contributed by atoms with Crippen molar-refractivity contribution in [1.29, 1.82) is 0 Å². The normalized spacial score (nSPS) is 12.0. The molecule has 0 saturated heterocycles. The minimum Gasteiger partial charge on any atom is -0.227 e. The first-order valence-electron chi connectivity index (χ1n) is 7.36. The van der Waals surface area contributed by atoms with Gasteiger partial charge < -0.3 is 0 Å². The number of fused-ring (bicyclic) bond motifs is 3. The molecule has 0 bridgehead atoms. The van der Waals surface area contributed by atoms with Gasteiger partial charge in [0, 0.05) is 16.3 Å². The number of benzene rings is 3. The smallest absolute Gasteiger partial charge is 0.227 e. The van der Waals surface area contributed by atoms with Gasteiger partial charge in [0.25, 0.3) is 0 Å². The molecule has 0 saturated carbocycles. The Bertz CT molecular complexity index is 1040. The molecule has 0 radical (unpaired) electrons. The molecule has 118 valence electrons. The number of rotatable bonds is 1. The largest absolute Gasteiger partial charge is 0.434 e. The zero-order chi connectivity index (χ0) is 16.7. The summed E-state index contributed by atoms with van der Waals surface area (Å²) >= 11 is 0. The number of alkyl halides is 3. The van der Waals surface area contributed by atoms with Gasteiger partial charge in [-0.25, -0.2) is 9.97 Å². The van der Waals surface area contributed by atoms with Crippen molar-refractivity contribution in [3.8, 4) is 11.4 Å². The summed E-state index contributed by atoms with van der Waals surface area (Å²) in [7, 11) is 0. The molecule has 4 aromatic rings. The van der Waals surface area contributed by atoms with E-state index in [1.165, 1.54) is 6.07 Å². The van der Waals surface area contributed by atoms with Crippen LogP contribution in [-0.4, -0.2) is 9.97 Å². The van der Waals surface area contributed by atoms with Crippen LogP contribution in [0.25, 0.3) is 33.1 Å².